The van der Waals surface area contributed by atoms with Gasteiger partial charge >= 0.3 is 0 Å². The number of hydrogen-bond acceptors (Lipinski definition) is 5. The molecule has 6 heteroatoms. The number of thioether (sulfide) groups is 1. The minimum absolute atomic E-state index is 0.366. The second kappa shape index (κ2) is 3.62. The van der Waals surface area contributed by atoms with Crippen LogP contribution >= 0.6 is 11.8 Å². The van der Waals surface area contributed by atoms with E-state index in [4.69, 9.17) is 4.42 Å². The van der Waals surface area contributed by atoms with Crippen LogP contribution in [0.5, 0.6) is 0 Å². The number of nitro groups is 1. The van der Waals surface area contributed by atoms with Gasteiger partial charge in [-0.3, -0.25) is 10.1 Å². The Morgan fingerprint density at radius 2 is 2.50 bits per heavy atom. The summed E-state index contributed by atoms with van der Waals surface area (Å²) in [5.74, 6) is 0.949. The van der Waals surface area contributed by atoms with Gasteiger partial charge in [-0.05, 0) is 12.1 Å². The van der Waals surface area contributed by atoms with Gasteiger partial charge < -0.3 is 9.52 Å². The van der Waals surface area contributed by atoms with Crippen LogP contribution in [0.2, 0.25) is 0 Å². The minimum Gasteiger partial charge on any atom is -0.468 e. The smallest absolute Gasteiger partial charge is 0.258 e. The van der Waals surface area contributed by atoms with E-state index in [0.29, 0.717) is 11.5 Å². The lowest BCUT2D eigenvalue weighted by atomic mass is 10.1. The Labute approximate surface area is 84.2 Å². The molecule has 5 nitrogen and oxygen atoms in total. The highest BCUT2D eigenvalue weighted by Gasteiger charge is 2.46. The van der Waals surface area contributed by atoms with Crippen molar-refractivity contribution in [1.29, 1.82) is 0 Å². The normalized spacial score (nSPS) is 31.9. The van der Waals surface area contributed by atoms with Crippen LogP contribution in [0.25, 0.3) is 0 Å². The molecule has 1 aromatic heterocycles. The monoisotopic (exact) mass is 215 g/mol. The Morgan fingerprint density at radius 1 is 1.71 bits per heavy atom. The lowest BCUT2D eigenvalue weighted by Crippen LogP contribution is -2.33. The summed E-state index contributed by atoms with van der Waals surface area (Å²) in [6.07, 6.45) is 0.600. The third-order valence-corrected chi connectivity index (χ3v) is 3.62. The molecule has 0 saturated carbocycles. The first-order chi connectivity index (χ1) is 6.70. The van der Waals surface area contributed by atoms with Crippen LogP contribution < -0.4 is 0 Å². The maximum absolute atomic E-state index is 10.7. The molecule has 1 aliphatic rings. The van der Waals surface area contributed by atoms with Gasteiger partial charge in [0.1, 0.15) is 17.1 Å². The van der Waals surface area contributed by atoms with Crippen LogP contribution in [-0.2, 0) is 0 Å². The highest BCUT2D eigenvalue weighted by Crippen LogP contribution is 2.41. The zero-order chi connectivity index (χ0) is 10.1. The molecule has 1 N–H and O–H groups in total. The minimum atomic E-state index is -0.953. The number of furan rings is 1. The quantitative estimate of drug-likeness (QED) is 0.590. The van der Waals surface area contributed by atoms with Crippen molar-refractivity contribution in [2.75, 3.05) is 5.75 Å². The third kappa shape index (κ3) is 1.51. The van der Waals surface area contributed by atoms with Gasteiger partial charge in [-0.15, -0.1) is 11.8 Å². The summed E-state index contributed by atoms with van der Waals surface area (Å²) in [6, 6.07) is 2.44. The molecule has 0 radical (unpaired) electrons. The molecule has 0 spiro atoms. The Hall–Kier alpha value is -1.01. The molecular weight excluding hydrogens is 206 g/mol. The average Bonchev–Trinajstić information content (AvgIpc) is 2.70. The van der Waals surface area contributed by atoms with E-state index in [2.05, 4.69) is 0 Å². The van der Waals surface area contributed by atoms with Crippen molar-refractivity contribution in [3.05, 3.63) is 34.3 Å². The molecule has 1 saturated heterocycles. The molecule has 0 bridgehead atoms. The standard InChI is InChI=1S/C8H9NO4S/c10-5-4-14-8(7(5)9(11)12)6-2-1-3-13-6/h1-3,5,7-8,10H,4H2/t5-,7+,8-/m1/s1. The second-order valence-electron chi connectivity index (χ2n) is 3.11. The molecule has 1 aliphatic heterocycles. The fourth-order valence-corrected chi connectivity index (χ4v) is 2.93. The first-order valence-electron chi connectivity index (χ1n) is 4.16. The third-order valence-electron chi connectivity index (χ3n) is 2.22. The molecule has 2 rings (SSSR count). The molecule has 0 aromatic carbocycles. The van der Waals surface area contributed by atoms with Gasteiger partial charge in [0.25, 0.3) is 6.04 Å². The fraction of sp³-hybridized carbons (Fsp3) is 0.500. The number of nitrogens with zero attached hydrogens (tertiary/aromatic N) is 1. The van der Waals surface area contributed by atoms with Gasteiger partial charge in [-0.25, -0.2) is 0 Å². The molecular formula is C8H9NO4S. The van der Waals surface area contributed by atoms with E-state index in [-0.39, 0.29) is 5.25 Å². The Kier molecular flexibility index (Phi) is 2.47. The molecule has 1 fully saturated rings. The zero-order valence-corrected chi connectivity index (χ0v) is 8.02. The maximum Gasteiger partial charge on any atom is 0.258 e. The van der Waals surface area contributed by atoms with Gasteiger partial charge in [0.05, 0.1) is 6.26 Å². The lowest BCUT2D eigenvalue weighted by molar-refractivity contribution is -0.532. The van der Waals surface area contributed by atoms with Crippen molar-refractivity contribution in [1.82, 2.24) is 0 Å². The molecule has 76 valence electrons. The molecule has 1 aromatic rings. The van der Waals surface area contributed by atoms with Gasteiger partial charge in [-0.1, -0.05) is 0 Å². The highest BCUT2D eigenvalue weighted by molar-refractivity contribution is 7.99. The first-order valence-corrected chi connectivity index (χ1v) is 5.21. The van der Waals surface area contributed by atoms with Crippen LogP contribution in [0.15, 0.2) is 22.8 Å². The second-order valence-corrected chi connectivity index (χ2v) is 4.29. The van der Waals surface area contributed by atoms with Crippen molar-refractivity contribution in [3.8, 4) is 0 Å². The van der Waals surface area contributed by atoms with Crippen LogP contribution in [0, 0.1) is 10.1 Å². The van der Waals surface area contributed by atoms with Crippen molar-refractivity contribution in [2.45, 2.75) is 17.4 Å². The van der Waals surface area contributed by atoms with E-state index in [1.165, 1.54) is 18.0 Å². The van der Waals surface area contributed by atoms with Crippen molar-refractivity contribution >= 4 is 11.8 Å². The first kappa shape index (κ1) is 9.54. The number of rotatable bonds is 2. The molecule has 3 atom stereocenters. The SMILES string of the molecule is O=[N+]([O-])[C@H]1[C@H](O)CS[C@@H]1c1ccco1. The predicted molar refractivity (Wildman–Crippen MR) is 50.7 cm³/mol. The molecule has 0 amide bonds. The van der Waals surface area contributed by atoms with E-state index in [1.807, 2.05) is 0 Å². The number of aliphatic hydroxyl groups is 1. The Morgan fingerprint density at radius 3 is 3.07 bits per heavy atom. The maximum atomic E-state index is 10.7. The summed E-state index contributed by atoms with van der Waals surface area (Å²) < 4.78 is 5.11. The van der Waals surface area contributed by atoms with E-state index >= 15 is 0 Å². The predicted octanol–water partition coefficient (Wildman–Crippen LogP) is 1.07. The van der Waals surface area contributed by atoms with E-state index in [0.717, 1.165) is 0 Å². The Balaban J connectivity index is 2.24. The van der Waals surface area contributed by atoms with Gasteiger partial charge in [0, 0.05) is 10.7 Å². The Bertz CT molecular complexity index is 326. The van der Waals surface area contributed by atoms with Gasteiger partial charge in [0.15, 0.2) is 0 Å². The summed E-state index contributed by atoms with van der Waals surface area (Å²) in [7, 11) is 0. The topological polar surface area (TPSA) is 76.5 Å². The summed E-state index contributed by atoms with van der Waals surface area (Å²) in [6.45, 7) is 0. The molecule has 2 heterocycles. The van der Waals surface area contributed by atoms with E-state index < -0.39 is 17.1 Å². The van der Waals surface area contributed by atoms with Crippen LogP contribution in [-0.4, -0.2) is 27.9 Å². The highest BCUT2D eigenvalue weighted by atomic mass is 32.2. The van der Waals surface area contributed by atoms with Crippen LogP contribution in [0.3, 0.4) is 0 Å². The van der Waals surface area contributed by atoms with Crippen LogP contribution in [0.1, 0.15) is 11.0 Å². The summed E-state index contributed by atoms with van der Waals surface area (Å²) >= 11 is 1.36. The van der Waals surface area contributed by atoms with E-state index in [9.17, 15) is 15.2 Å². The zero-order valence-electron chi connectivity index (χ0n) is 7.20. The van der Waals surface area contributed by atoms with Crippen LogP contribution in [0.4, 0.5) is 0 Å². The summed E-state index contributed by atoms with van der Waals surface area (Å²) in [5.41, 5.74) is 0. The molecule has 0 unspecified atom stereocenters. The summed E-state index contributed by atoms with van der Waals surface area (Å²) in [5, 5.41) is 19.8. The largest absolute Gasteiger partial charge is 0.468 e. The fourth-order valence-electron chi connectivity index (χ4n) is 1.56. The summed E-state index contributed by atoms with van der Waals surface area (Å²) in [4.78, 5) is 10.3. The number of aliphatic hydroxyl groups excluding tert-OH is 1. The molecule has 14 heavy (non-hydrogen) atoms. The van der Waals surface area contributed by atoms with Crippen molar-refractivity contribution in [3.63, 3.8) is 0 Å². The average molecular weight is 215 g/mol. The van der Waals surface area contributed by atoms with Crippen molar-refractivity contribution < 1.29 is 14.4 Å². The molecule has 0 aliphatic carbocycles. The van der Waals surface area contributed by atoms with Gasteiger partial charge in [-0.2, -0.15) is 0 Å². The van der Waals surface area contributed by atoms with Gasteiger partial charge in [0.2, 0.25) is 0 Å². The number of hydrogen-bond donors (Lipinski definition) is 1. The van der Waals surface area contributed by atoms with Crippen molar-refractivity contribution in [2.24, 2.45) is 0 Å². The van der Waals surface area contributed by atoms with E-state index in [1.54, 1.807) is 12.1 Å². The lowest BCUT2D eigenvalue weighted by Gasteiger charge is -2.10.